The Hall–Kier alpha value is -0.160. The second-order valence-corrected chi connectivity index (χ2v) is 10.8. The summed E-state index contributed by atoms with van der Waals surface area (Å²) in [5.74, 6) is 0.758. The van der Waals surface area contributed by atoms with Crippen LogP contribution in [0.3, 0.4) is 0 Å². The van der Waals surface area contributed by atoms with E-state index in [0.717, 1.165) is 4.31 Å². The van der Waals surface area contributed by atoms with Crippen LogP contribution in [0.1, 0.15) is 6.92 Å². The second-order valence-electron chi connectivity index (χ2n) is 4.44. The van der Waals surface area contributed by atoms with Gasteiger partial charge in [0, 0.05) is 40.7 Å². The van der Waals surface area contributed by atoms with Crippen molar-refractivity contribution in [2.24, 2.45) is 0 Å². The van der Waals surface area contributed by atoms with Gasteiger partial charge in [-0.15, -0.1) is 0 Å². The molecule has 1 saturated heterocycles. The van der Waals surface area contributed by atoms with Gasteiger partial charge in [-0.05, 0) is 22.0 Å². The lowest BCUT2D eigenvalue weighted by molar-refractivity contribution is 0.403. The number of pyridine rings is 1. The van der Waals surface area contributed by atoms with Gasteiger partial charge in [-0.2, -0.15) is 16.1 Å². The van der Waals surface area contributed by atoms with Crippen molar-refractivity contribution in [2.45, 2.75) is 17.2 Å². The maximum absolute atomic E-state index is 12.7. The number of aromatic nitrogens is 1. The number of hydrogen-bond acceptors (Lipinski definition) is 6. The second kappa shape index (κ2) is 6.53. The van der Waals surface area contributed by atoms with Crippen LogP contribution in [0.4, 0.5) is 0 Å². The lowest BCUT2D eigenvalue weighted by Crippen LogP contribution is -2.50. The van der Waals surface area contributed by atoms with Crippen LogP contribution in [-0.2, 0) is 19.9 Å². The molecule has 0 radical (unpaired) electrons. The molecule has 1 aromatic rings. The maximum Gasteiger partial charge on any atom is 0.245 e. The molecule has 0 saturated carbocycles. The SMILES string of the molecule is CCS(=O)(=O)C1CSCCN1S(=O)(=O)c1cncc(Br)c1. The third-order valence-electron chi connectivity index (χ3n) is 3.14. The Morgan fingerprint density at radius 2 is 2.10 bits per heavy atom. The fourth-order valence-electron chi connectivity index (χ4n) is 1.98. The molecule has 1 atom stereocenters. The van der Waals surface area contributed by atoms with Gasteiger partial charge in [0.1, 0.15) is 10.3 Å². The predicted octanol–water partition coefficient (Wildman–Crippen LogP) is 1.34. The minimum atomic E-state index is -3.88. The number of hydrogen-bond donors (Lipinski definition) is 0. The smallest absolute Gasteiger partial charge is 0.245 e. The van der Waals surface area contributed by atoms with Gasteiger partial charge in [0.25, 0.3) is 0 Å². The van der Waals surface area contributed by atoms with E-state index in [2.05, 4.69) is 20.9 Å². The molecule has 1 unspecified atom stereocenters. The summed E-state index contributed by atoms with van der Waals surface area (Å²) in [5.41, 5.74) is 0. The largest absolute Gasteiger partial charge is 0.262 e. The molecule has 1 aliphatic heterocycles. The molecule has 0 bridgehead atoms. The molecule has 2 rings (SSSR count). The first-order valence-electron chi connectivity index (χ1n) is 6.20. The lowest BCUT2D eigenvalue weighted by Gasteiger charge is -2.33. The van der Waals surface area contributed by atoms with Gasteiger partial charge in [-0.1, -0.05) is 6.92 Å². The minimum absolute atomic E-state index is 0.0000723. The van der Waals surface area contributed by atoms with E-state index in [9.17, 15) is 16.8 Å². The highest BCUT2D eigenvalue weighted by Crippen LogP contribution is 2.28. The first-order valence-corrected chi connectivity index (χ1v) is 11.3. The fraction of sp³-hybridized carbons (Fsp3) is 0.545. The van der Waals surface area contributed by atoms with Crippen LogP contribution in [0.2, 0.25) is 0 Å². The first-order chi connectivity index (χ1) is 9.79. The Morgan fingerprint density at radius 1 is 1.38 bits per heavy atom. The molecule has 0 N–H and O–H groups in total. The van der Waals surface area contributed by atoms with Crippen molar-refractivity contribution in [3.05, 3.63) is 22.9 Å². The summed E-state index contributed by atoms with van der Waals surface area (Å²) < 4.78 is 51.4. The zero-order valence-corrected chi connectivity index (χ0v) is 15.3. The Bertz CT molecular complexity index is 721. The van der Waals surface area contributed by atoms with Crippen LogP contribution in [0, 0.1) is 0 Å². The highest BCUT2D eigenvalue weighted by Gasteiger charge is 2.40. The van der Waals surface area contributed by atoms with Gasteiger partial charge in [-0.3, -0.25) is 4.98 Å². The highest BCUT2D eigenvalue weighted by atomic mass is 79.9. The average Bonchev–Trinajstić information content (AvgIpc) is 2.47. The fourth-order valence-corrected chi connectivity index (χ4v) is 7.74. The summed E-state index contributed by atoms with van der Waals surface area (Å²) in [5, 5.41) is -1.01. The van der Waals surface area contributed by atoms with Gasteiger partial charge in [-0.25, -0.2) is 16.8 Å². The van der Waals surface area contributed by atoms with Crippen LogP contribution < -0.4 is 0 Å². The van der Waals surface area contributed by atoms with E-state index in [4.69, 9.17) is 0 Å². The summed E-state index contributed by atoms with van der Waals surface area (Å²) >= 11 is 4.63. The Morgan fingerprint density at radius 3 is 2.71 bits per heavy atom. The molecule has 0 spiro atoms. The van der Waals surface area contributed by atoms with E-state index in [1.54, 1.807) is 0 Å². The van der Waals surface area contributed by atoms with Crippen molar-refractivity contribution < 1.29 is 16.8 Å². The molecular weight excluding hydrogens is 400 g/mol. The summed E-state index contributed by atoms with van der Waals surface area (Å²) in [6.45, 7) is 1.71. The van der Waals surface area contributed by atoms with Crippen molar-refractivity contribution in [3.63, 3.8) is 0 Å². The summed E-state index contributed by atoms with van der Waals surface area (Å²) in [4.78, 5) is 3.85. The first kappa shape index (κ1) is 17.2. The molecule has 2 heterocycles. The molecule has 1 aliphatic rings. The monoisotopic (exact) mass is 414 g/mol. The Balaban J connectivity index is 2.46. The molecular formula is C11H15BrN2O4S3. The summed E-state index contributed by atoms with van der Waals surface area (Å²) in [6.07, 6.45) is 2.71. The van der Waals surface area contributed by atoms with Gasteiger partial charge >= 0.3 is 0 Å². The normalized spacial score (nSPS) is 21.3. The zero-order valence-electron chi connectivity index (χ0n) is 11.3. The molecule has 10 heteroatoms. The van der Waals surface area contributed by atoms with E-state index in [1.807, 2.05) is 0 Å². The maximum atomic E-state index is 12.7. The number of halogens is 1. The highest BCUT2D eigenvalue weighted by molar-refractivity contribution is 9.10. The predicted molar refractivity (Wildman–Crippen MR) is 86.4 cm³/mol. The van der Waals surface area contributed by atoms with E-state index in [0.29, 0.717) is 10.2 Å². The van der Waals surface area contributed by atoms with Crippen molar-refractivity contribution in [2.75, 3.05) is 23.8 Å². The van der Waals surface area contributed by atoms with Crippen LogP contribution in [0.25, 0.3) is 0 Å². The summed E-state index contributed by atoms with van der Waals surface area (Å²) in [7, 11) is -7.36. The molecule has 0 amide bonds. The average molecular weight is 415 g/mol. The Kier molecular flexibility index (Phi) is 5.35. The van der Waals surface area contributed by atoms with Crippen LogP contribution >= 0.6 is 27.7 Å². The molecule has 118 valence electrons. The van der Waals surface area contributed by atoms with E-state index < -0.39 is 25.2 Å². The standard InChI is InChI=1S/C11H15BrN2O4S3/c1-2-20(15,16)11-8-19-4-3-14(11)21(17,18)10-5-9(12)6-13-7-10/h5-7,11H,2-4,8H2,1H3. The van der Waals surface area contributed by atoms with Crippen LogP contribution in [0.15, 0.2) is 27.8 Å². The van der Waals surface area contributed by atoms with Gasteiger partial charge in [0.2, 0.25) is 10.0 Å². The van der Waals surface area contributed by atoms with Gasteiger partial charge < -0.3 is 0 Å². The van der Waals surface area contributed by atoms with E-state index in [-0.39, 0.29) is 22.9 Å². The molecule has 1 aromatic heterocycles. The number of rotatable bonds is 4. The number of nitrogens with zero attached hydrogens (tertiary/aromatic N) is 2. The number of thioether (sulfide) groups is 1. The third kappa shape index (κ3) is 3.61. The molecule has 0 aliphatic carbocycles. The van der Waals surface area contributed by atoms with Crippen molar-refractivity contribution >= 4 is 47.6 Å². The molecule has 21 heavy (non-hydrogen) atoms. The van der Waals surface area contributed by atoms with E-state index >= 15 is 0 Å². The third-order valence-corrected chi connectivity index (χ3v) is 8.87. The molecule has 0 aromatic carbocycles. The zero-order chi connectivity index (χ0) is 15.7. The van der Waals surface area contributed by atoms with Gasteiger partial charge in [0.05, 0.1) is 0 Å². The Labute approximate surface area is 137 Å². The molecule has 1 fully saturated rings. The molecule has 6 nitrogen and oxygen atoms in total. The topological polar surface area (TPSA) is 84.4 Å². The lowest BCUT2D eigenvalue weighted by atomic mass is 10.5. The van der Waals surface area contributed by atoms with Gasteiger partial charge in [0.15, 0.2) is 9.84 Å². The van der Waals surface area contributed by atoms with Crippen LogP contribution in [-0.4, -0.2) is 55.3 Å². The number of sulfonamides is 1. The van der Waals surface area contributed by atoms with Crippen LogP contribution in [0.5, 0.6) is 0 Å². The van der Waals surface area contributed by atoms with E-state index in [1.165, 1.54) is 37.1 Å². The quantitative estimate of drug-likeness (QED) is 0.738. The number of sulfone groups is 1. The van der Waals surface area contributed by atoms with Crippen molar-refractivity contribution in [3.8, 4) is 0 Å². The van der Waals surface area contributed by atoms with Crippen molar-refractivity contribution in [1.29, 1.82) is 0 Å². The van der Waals surface area contributed by atoms with Crippen molar-refractivity contribution in [1.82, 2.24) is 9.29 Å². The summed E-state index contributed by atoms with van der Waals surface area (Å²) in [6, 6.07) is 1.43. The minimum Gasteiger partial charge on any atom is -0.262 e.